The summed E-state index contributed by atoms with van der Waals surface area (Å²) in [7, 11) is 0. The van der Waals surface area contributed by atoms with Gasteiger partial charge >= 0.3 is 0 Å². The average molecular weight is 1370 g/mol. The SMILES string of the molecule is C[C@@H]1CC[C@@H](n2nc(-c3ccc(Oc4ccc(Cl)cn4)cc3)c(C(N)=O)c2N)CN1C#N.C[C@H]1CC[C@H](n2nc(-c3ccc(Oc4ccc(Cl)cn4)cc3)c(C(N)=O)c2N)CN1C#N.N#CN1CC(n2nc(-c3ccc(Oc4ccc(Cl)cn4)cc3)c(C(N)=O)c2N)CCC12CC2. The largest absolute Gasteiger partial charge is 0.439 e. The monoisotopic (exact) mass is 1370 g/mol. The zero-order valence-corrected chi connectivity index (χ0v) is 54.8. The fourth-order valence-corrected chi connectivity index (χ4v) is 12.5. The number of pyridine rings is 3. The van der Waals surface area contributed by atoms with Crippen molar-refractivity contribution in [3.8, 4) is 87.2 Å². The van der Waals surface area contributed by atoms with E-state index in [0.717, 1.165) is 51.4 Å². The van der Waals surface area contributed by atoms with Crippen LogP contribution in [0, 0.1) is 34.4 Å². The first-order valence-corrected chi connectivity index (χ1v) is 32.0. The lowest BCUT2D eigenvalue weighted by molar-refractivity contribution is 0.0993. The summed E-state index contributed by atoms with van der Waals surface area (Å²) >= 11 is 17.5. The number of carbonyl (C=O) groups excluding carboxylic acids is 3. The van der Waals surface area contributed by atoms with Crippen LogP contribution in [0.2, 0.25) is 15.1 Å². The molecule has 9 heterocycles. The zero-order valence-electron chi connectivity index (χ0n) is 52.5. The van der Waals surface area contributed by atoms with Crippen LogP contribution in [0.4, 0.5) is 17.5 Å². The first-order valence-electron chi connectivity index (χ1n) is 30.9. The molecule has 496 valence electrons. The van der Waals surface area contributed by atoms with Gasteiger partial charge < -0.3 is 63.3 Å². The van der Waals surface area contributed by atoms with Crippen LogP contribution in [-0.4, -0.2) is 114 Å². The van der Waals surface area contributed by atoms with Crippen molar-refractivity contribution < 1.29 is 28.6 Å². The highest BCUT2D eigenvalue weighted by molar-refractivity contribution is 6.31. The smallest absolute Gasteiger partial charge is 0.254 e. The fourth-order valence-electron chi connectivity index (χ4n) is 12.1. The number of nitriles is 3. The minimum Gasteiger partial charge on any atom is -0.439 e. The molecule has 0 radical (unpaired) electrons. The van der Waals surface area contributed by atoms with Crippen LogP contribution in [0.15, 0.2) is 128 Å². The van der Waals surface area contributed by atoms with Gasteiger partial charge in [0, 0.05) is 65.6 Å². The van der Waals surface area contributed by atoms with E-state index >= 15 is 0 Å². The molecule has 27 nitrogen and oxygen atoms in total. The van der Waals surface area contributed by atoms with Gasteiger partial charge in [-0.1, -0.05) is 34.8 Å². The molecule has 3 saturated heterocycles. The second-order valence-electron chi connectivity index (χ2n) is 23.9. The van der Waals surface area contributed by atoms with E-state index in [4.69, 9.17) is 83.4 Å². The topological polar surface area (TPSA) is 408 Å². The Kier molecular flexibility index (Phi) is 19.9. The Morgan fingerprint density at radius 3 is 1.04 bits per heavy atom. The summed E-state index contributed by atoms with van der Waals surface area (Å²) in [6, 6.07) is 31.1. The Bertz CT molecular complexity index is 4300. The summed E-state index contributed by atoms with van der Waals surface area (Å²) in [5.41, 5.74) is 39.6. The summed E-state index contributed by atoms with van der Waals surface area (Å²) in [5.74, 6) is 1.57. The number of likely N-dealkylation sites (tertiary alicyclic amines) is 3. The van der Waals surface area contributed by atoms with E-state index in [1.165, 1.54) is 18.6 Å². The molecule has 97 heavy (non-hydrogen) atoms. The van der Waals surface area contributed by atoms with Gasteiger partial charge in [-0.05, 0) is 156 Å². The van der Waals surface area contributed by atoms with Crippen LogP contribution in [0.25, 0.3) is 33.8 Å². The molecule has 6 aromatic heterocycles. The van der Waals surface area contributed by atoms with E-state index in [0.29, 0.717) is 103 Å². The van der Waals surface area contributed by atoms with Gasteiger partial charge in [-0.3, -0.25) is 14.4 Å². The molecule has 1 aliphatic carbocycles. The molecule has 12 N–H and O–H groups in total. The third kappa shape index (κ3) is 14.8. The summed E-state index contributed by atoms with van der Waals surface area (Å²) in [5, 5.41) is 43.8. The maximum absolute atomic E-state index is 12.3. The highest BCUT2D eigenvalue weighted by Gasteiger charge is 2.51. The van der Waals surface area contributed by atoms with Gasteiger partial charge in [0.2, 0.25) is 17.6 Å². The van der Waals surface area contributed by atoms with Crippen LogP contribution in [-0.2, 0) is 0 Å². The van der Waals surface area contributed by atoms with Crippen LogP contribution in [0.3, 0.4) is 0 Å². The third-order valence-corrected chi connectivity index (χ3v) is 18.3. The van der Waals surface area contributed by atoms with Gasteiger partial charge in [-0.15, -0.1) is 0 Å². The molecule has 1 spiro atoms. The first-order chi connectivity index (χ1) is 46.6. The Labute approximate surface area is 572 Å². The van der Waals surface area contributed by atoms with E-state index in [1.54, 1.807) is 133 Å². The maximum Gasteiger partial charge on any atom is 0.254 e. The maximum atomic E-state index is 12.3. The third-order valence-electron chi connectivity index (χ3n) is 17.6. The molecule has 30 heteroatoms. The Morgan fingerprint density at radius 1 is 0.454 bits per heavy atom. The highest BCUT2D eigenvalue weighted by Crippen LogP contribution is 2.50. The molecule has 1 unspecified atom stereocenters. The van der Waals surface area contributed by atoms with Gasteiger partial charge in [0.1, 0.15) is 68.5 Å². The van der Waals surface area contributed by atoms with E-state index in [1.807, 2.05) is 18.7 Å². The van der Waals surface area contributed by atoms with Crippen LogP contribution in [0.1, 0.15) is 114 Å². The lowest BCUT2D eigenvalue weighted by Gasteiger charge is -2.36. The second kappa shape index (κ2) is 28.7. The van der Waals surface area contributed by atoms with Gasteiger partial charge in [0.15, 0.2) is 18.6 Å². The standard InChI is InChI=1S/C23H22ClN7O2.2C22H22ClN7O2/c24-15-3-6-18(28-11-15)33-17-4-1-14(2-5-17)20-19(22(27)32)21(26)31(29-20)16-7-8-23(9-10-23)30(12-16)13-25;2*1-13-2-6-16(11-29(13)12-24)30-21(25)19(22(26)31)20(28-30)14-3-7-17(8-4-14)32-18-9-5-15(23)10-27-18/h1-6,11,16H,7-10,12,26H2,(H2,27,32);2*3-5,7-10,13,16H,2,6,11,25H2,1H3,(H2,26,31)/t;2*13-,16-/m.10/s1. The number of piperidine rings is 3. The summed E-state index contributed by atoms with van der Waals surface area (Å²) in [4.78, 5) is 54.2. The zero-order chi connectivity index (χ0) is 68.8. The molecular formula is C67H66Cl3N21O6. The van der Waals surface area contributed by atoms with Crippen molar-refractivity contribution in [3.05, 3.63) is 160 Å². The van der Waals surface area contributed by atoms with E-state index in [2.05, 4.69) is 48.8 Å². The lowest BCUT2D eigenvalue weighted by atomic mass is 9.97. The van der Waals surface area contributed by atoms with Crippen molar-refractivity contribution >= 4 is 70.0 Å². The van der Waals surface area contributed by atoms with Crippen molar-refractivity contribution in [3.63, 3.8) is 0 Å². The predicted molar refractivity (Wildman–Crippen MR) is 362 cm³/mol. The van der Waals surface area contributed by atoms with Gasteiger partial charge in [-0.2, -0.15) is 31.1 Å². The first kappa shape index (κ1) is 67.1. The number of primary amides is 3. The van der Waals surface area contributed by atoms with E-state index in [-0.39, 0.29) is 69.9 Å². The fraction of sp³-hybridized carbons (Fsp3) is 0.284. The number of nitrogens with two attached hydrogens (primary N) is 6. The summed E-state index contributed by atoms with van der Waals surface area (Å²) in [6.07, 6.45) is 18.3. The molecule has 13 rings (SSSR count). The van der Waals surface area contributed by atoms with Crippen LogP contribution < -0.4 is 48.6 Å². The number of anilines is 3. The quantitative estimate of drug-likeness (QED) is 0.0519. The van der Waals surface area contributed by atoms with Crippen molar-refractivity contribution in [1.29, 1.82) is 15.8 Å². The molecular weight excluding hydrogens is 1300 g/mol. The van der Waals surface area contributed by atoms with Crippen molar-refractivity contribution in [2.75, 3.05) is 36.8 Å². The van der Waals surface area contributed by atoms with Crippen molar-refractivity contribution in [2.45, 2.75) is 101 Å². The molecule has 3 amide bonds. The normalized spacial score (nSPS) is 18.4. The van der Waals surface area contributed by atoms with Crippen molar-refractivity contribution in [1.82, 2.24) is 59.0 Å². The number of amides is 3. The molecule has 0 bridgehead atoms. The lowest BCUT2D eigenvalue weighted by Crippen LogP contribution is -2.43. The molecule has 4 aliphatic rings. The van der Waals surface area contributed by atoms with Gasteiger partial charge in [0.05, 0.1) is 58.4 Å². The van der Waals surface area contributed by atoms with Crippen molar-refractivity contribution in [2.24, 2.45) is 17.2 Å². The second-order valence-corrected chi connectivity index (χ2v) is 25.2. The van der Waals surface area contributed by atoms with E-state index in [9.17, 15) is 30.2 Å². The highest BCUT2D eigenvalue weighted by atomic mass is 35.5. The number of benzene rings is 3. The minimum absolute atomic E-state index is 0.0112. The van der Waals surface area contributed by atoms with Gasteiger partial charge in [-0.25, -0.2) is 29.0 Å². The Balaban J connectivity index is 0.000000148. The van der Waals surface area contributed by atoms with Crippen LogP contribution in [0.5, 0.6) is 34.9 Å². The average Bonchev–Trinajstić information content (AvgIpc) is 1.61. The minimum atomic E-state index is -0.657. The predicted octanol–water partition coefficient (Wildman–Crippen LogP) is 10.9. The van der Waals surface area contributed by atoms with Gasteiger partial charge in [0.25, 0.3) is 17.7 Å². The molecule has 4 fully saturated rings. The summed E-state index contributed by atoms with van der Waals surface area (Å²) < 4.78 is 22.0. The van der Waals surface area contributed by atoms with Crippen LogP contribution >= 0.6 is 34.8 Å². The number of carbonyl (C=O) groups is 3. The molecule has 1 saturated carbocycles. The number of nitrogens with zero attached hydrogens (tertiary/aromatic N) is 15. The number of rotatable bonds is 15. The number of nitrogen functional groups attached to an aromatic ring is 3. The molecule has 3 aliphatic heterocycles. The number of ether oxygens (including phenoxy) is 3. The Morgan fingerprint density at radius 2 is 0.773 bits per heavy atom. The molecule has 9 aromatic rings. The number of hydrogen-bond acceptors (Lipinski definition) is 21. The number of halogens is 3. The number of aromatic nitrogens is 9. The molecule has 5 atom stereocenters. The number of hydrogen-bond donors (Lipinski definition) is 6. The summed E-state index contributed by atoms with van der Waals surface area (Å²) in [6.45, 7) is 5.48. The van der Waals surface area contributed by atoms with E-state index < -0.39 is 17.7 Å². The Hall–Kier alpha value is -11.3. The molecule has 3 aromatic carbocycles.